The van der Waals surface area contributed by atoms with Gasteiger partial charge >= 0.3 is 0 Å². The van der Waals surface area contributed by atoms with Crippen LogP contribution < -0.4 is 9.44 Å². The summed E-state index contributed by atoms with van der Waals surface area (Å²) in [5, 5.41) is 0. The number of aryl methyl sites for hydroxylation is 3. The Bertz CT molecular complexity index is 1330. The van der Waals surface area contributed by atoms with Gasteiger partial charge in [-0.2, -0.15) is 0 Å². The van der Waals surface area contributed by atoms with Crippen LogP contribution in [0.15, 0.2) is 64.4 Å². The molecule has 0 aliphatic rings. The van der Waals surface area contributed by atoms with E-state index in [-0.39, 0.29) is 10.6 Å². The van der Waals surface area contributed by atoms with E-state index in [0.717, 1.165) is 28.8 Å². The lowest BCUT2D eigenvalue weighted by Crippen LogP contribution is -2.16. The van der Waals surface area contributed by atoms with Gasteiger partial charge in [-0.1, -0.05) is 17.7 Å². The van der Waals surface area contributed by atoms with Crippen LogP contribution in [0.2, 0.25) is 0 Å². The lowest BCUT2D eigenvalue weighted by Gasteiger charge is -2.15. The van der Waals surface area contributed by atoms with Crippen LogP contribution in [0.3, 0.4) is 0 Å². The van der Waals surface area contributed by atoms with Crippen LogP contribution in [0, 0.1) is 32.4 Å². The minimum atomic E-state index is -4.33. The first-order chi connectivity index (χ1) is 14.4. The highest BCUT2D eigenvalue weighted by Gasteiger charge is 2.21. The summed E-state index contributed by atoms with van der Waals surface area (Å²) in [6.07, 6.45) is 0. The number of sulfonamides is 2. The molecule has 0 aromatic heterocycles. The summed E-state index contributed by atoms with van der Waals surface area (Å²) >= 11 is 0. The lowest BCUT2D eigenvalue weighted by molar-refractivity contribution is 0.551. The molecule has 6 nitrogen and oxygen atoms in total. The van der Waals surface area contributed by atoms with Crippen molar-refractivity contribution < 1.29 is 25.6 Å². The third-order valence-corrected chi connectivity index (χ3v) is 7.29. The van der Waals surface area contributed by atoms with Crippen LogP contribution in [-0.2, 0) is 20.0 Å². The summed E-state index contributed by atoms with van der Waals surface area (Å²) in [4.78, 5) is -0.805. The molecule has 0 spiro atoms. The zero-order chi connectivity index (χ0) is 23.0. The molecule has 0 bridgehead atoms. The molecule has 2 N–H and O–H groups in total. The molecule has 3 aromatic carbocycles. The Labute approximate surface area is 180 Å². The van der Waals surface area contributed by atoms with E-state index in [0.29, 0.717) is 11.8 Å². The van der Waals surface area contributed by atoms with Crippen molar-refractivity contribution in [3.05, 3.63) is 82.9 Å². The maximum atomic E-state index is 13.8. The summed E-state index contributed by atoms with van der Waals surface area (Å²) in [5.41, 5.74) is 3.04. The number of benzene rings is 3. The van der Waals surface area contributed by atoms with E-state index in [2.05, 4.69) is 9.44 Å². The average molecular weight is 467 g/mol. The SMILES string of the molecule is Cc1cc(C)c(NS(=O)(=O)c2ccc(NS(=O)(=O)c3ccc(F)cc3F)cc2)c(C)c1. The first-order valence-corrected chi connectivity index (χ1v) is 12.0. The molecule has 31 heavy (non-hydrogen) atoms. The maximum Gasteiger partial charge on any atom is 0.264 e. The summed E-state index contributed by atoms with van der Waals surface area (Å²) in [5.74, 6) is -2.14. The largest absolute Gasteiger partial charge is 0.280 e. The Morgan fingerprint density at radius 1 is 0.710 bits per heavy atom. The summed E-state index contributed by atoms with van der Waals surface area (Å²) in [6, 6.07) is 10.7. The van der Waals surface area contributed by atoms with E-state index < -0.39 is 36.6 Å². The fraction of sp³-hybridized carbons (Fsp3) is 0.143. The van der Waals surface area contributed by atoms with Crippen molar-refractivity contribution in [1.82, 2.24) is 0 Å². The van der Waals surface area contributed by atoms with Gasteiger partial charge in [-0.3, -0.25) is 9.44 Å². The van der Waals surface area contributed by atoms with Gasteiger partial charge in [-0.05, 0) is 68.3 Å². The maximum absolute atomic E-state index is 13.8. The molecule has 3 aromatic rings. The Kier molecular flexibility index (Phi) is 6.06. The van der Waals surface area contributed by atoms with E-state index in [1.807, 2.05) is 19.1 Å². The molecule has 0 atom stereocenters. The van der Waals surface area contributed by atoms with Gasteiger partial charge in [0.15, 0.2) is 0 Å². The van der Waals surface area contributed by atoms with Crippen molar-refractivity contribution in [2.24, 2.45) is 0 Å². The molecule has 0 fully saturated rings. The van der Waals surface area contributed by atoms with Gasteiger partial charge in [-0.15, -0.1) is 0 Å². The van der Waals surface area contributed by atoms with E-state index in [1.54, 1.807) is 13.8 Å². The first-order valence-electron chi connectivity index (χ1n) is 9.08. The van der Waals surface area contributed by atoms with Crippen LogP contribution >= 0.6 is 0 Å². The second kappa shape index (κ2) is 8.27. The standard InChI is InChI=1S/C21H20F2N2O4S2/c1-13-10-14(2)21(15(3)11-13)25-30(26,27)18-7-5-17(6-8-18)24-31(28,29)20-9-4-16(22)12-19(20)23/h4-12,24-25H,1-3H3. The van der Waals surface area contributed by atoms with Crippen molar-refractivity contribution in [1.29, 1.82) is 0 Å². The van der Waals surface area contributed by atoms with Gasteiger partial charge in [0.05, 0.1) is 10.6 Å². The topological polar surface area (TPSA) is 92.3 Å². The fourth-order valence-corrected chi connectivity index (χ4v) is 5.46. The molecule has 0 amide bonds. The molecule has 0 aliphatic carbocycles. The Morgan fingerprint density at radius 2 is 1.29 bits per heavy atom. The molecule has 0 aliphatic heterocycles. The molecule has 0 heterocycles. The number of hydrogen-bond donors (Lipinski definition) is 2. The molecule has 164 valence electrons. The van der Waals surface area contributed by atoms with E-state index in [9.17, 15) is 25.6 Å². The number of halogens is 2. The highest BCUT2D eigenvalue weighted by Crippen LogP contribution is 2.26. The lowest BCUT2D eigenvalue weighted by atomic mass is 10.1. The molecule has 0 saturated heterocycles. The summed E-state index contributed by atoms with van der Waals surface area (Å²) < 4.78 is 81.8. The third kappa shape index (κ3) is 5.02. The van der Waals surface area contributed by atoms with Gasteiger partial charge in [0.1, 0.15) is 16.5 Å². The van der Waals surface area contributed by atoms with Crippen LogP contribution in [0.4, 0.5) is 20.2 Å². The van der Waals surface area contributed by atoms with Crippen LogP contribution in [0.5, 0.6) is 0 Å². The predicted molar refractivity (Wildman–Crippen MR) is 115 cm³/mol. The first kappa shape index (κ1) is 22.7. The van der Waals surface area contributed by atoms with Gasteiger partial charge < -0.3 is 0 Å². The van der Waals surface area contributed by atoms with E-state index in [1.165, 1.54) is 24.3 Å². The normalized spacial score (nSPS) is 11.9. The van der Waals surface area contributed by atoms with Crippen molar-refractivity contribution >= 4 is 31.4 Å². The van der Waals surface area contributed by atoms with Crippen molar-refractivity contribution in [3.8, 4) is 0 Å². The Balaban J connectivity index is 1.84. The quantitative estimate of drug-likeness (QED) is 0.560. The predicted octanol–water partition coefficient (Wildman–Crippen LogP) is 4.49. The van der Waals surface area contributed by atoms with Gasteiger partial charge in [0.2, 0.25) is 0 Å². The van der Waals surface area contributed by atoms with Crippen LogP contribution in [0.25, 0.3) is 0 Å². The second-order valence-corrected chi connectivity index (χ2v) is 10.4. The fourth-order valence-electron chi connectivity index (χ4n) is 3.14. The second-order valence-electron chi connectivity index (χ2n) is 7.08. The number of nitrogens with one attached hydrogen (secondary N) is 2. The summed E-state index contributed by atoms with van der Waals surface area (Å²) in [6.45, 7) is 5.50. The van der Waals surface area contributed by atoms with Gasteiger partial charge in [-0.25, -0.2) is 25.6 Å². The van der Waals surface area contributed by atoms with Gasteiger partial charge in [0.25, 0.3) is 20.0 Å². The Hall–Kier alpha value is -2.98. The van der Waals surface area contributed by atoms with Crippen LogP contribution in [-0.4, -0.2) is 16.8 Å². The summed E-state index contributed by atoms with van der Waals surface area (Å²) in [7, 11) is -8.25. The molecule has 0 radical (unpaired) electrons. The number of rotatable bonds is 6. The Morgan fingerprint density at radius 3 is 1.84 bits per heavy atom. The van der Waals surface area contributed by atoms with Crippen molar-refractivity contribution in [3.63, 3.8) is 0 Å². The van der Waals surface area contributed by atoms with Crippen molar-refractivity contribution in [2.45, 2.75) is 30.6 Å². The molecule has 3 rings (SSSR count). The molecule has 0 unspecified atom stereocenters. The molecular formula is C21H20F2N2O4S2. The van der Waals surface area contributed by atoms with E-state index >= 15 is 0 Å². The van der Waals surface area contributed by atoms with Gasteiger partial charge in [0, 0.05) is 11.8 Å². The zero-order valence-electron chi connectivity index (χ0n) is 16.9. The highest BCUT2D eigenvalue weighted by molar-refractivity contribution is 7.93. The molecule has 0 saturated carbocycles. The van der Waals surface area contributed by atoms with E-state index in [4.69, 9.17) is 0 Å². The zero-order valence-corrected chi connectivity index (χ0v) is 18.5. The van der Waals surface area contributed by atoms with Crippen LogP contribution in [0.1, 0.15) is 16.7 Å². The molecular weight excluding hydrogens is 446 g/mol. The smallest absolute Gasteiger partial charge is 0.264 e. The third-order valence-electron chi connectivity index (χ3n) is 4.51. The minimum absolute atomic E-state index is 0.0189. The number of anilines is 2. The monoisotopic (exact) mass is 466 g/mol. The highest BCUT2D eigenvalue weighted by atomic mass is 32.2. The molecule has 10 heteroatoms. The number of hydrogen-bond acceptors (Lipinski definition) is 4. The minimum Gasteiger partial charge on any atom is -0.280 e. The average Bonchev–Trinajstić information content (AvgIpc) is 2.64. The van der Waals surface area contributed by atoms with Crippen molar-refractivity contribution in [2.75, 3.05) is 9.44 Å².